The van der Waals surface area contributed by atoms with E-state index in [1.54, 1.807) is 0 Å². The van der Waals surface area contributed by atoms with Crippen molar-refractivity contribution in [3.63, 3.8) is 0 Å². The van der Waals surface area contributed by atoms with Gasteiger partial charge in [0.05, 0.1) is 0 Å². The first-order valence-corrected chi connectivity index (χ1v) is 7.18. The zero-order valence-electron chi connectivity index (χ0n) is 12.5. The van der Waals surface area contributed by atoms with E-state index in [9.17, 15) is 0 Å². The molecule has 1 aromatic heterocycles. The standard InChI is InChI=1S/C18H18N4/c1-22(17-5-3-2-4-6-17)18-20-12-16(13-21-18)15-9-7-14(11-19)8-10-15/h2-10,12-13H,11,19H2,1H3. The molecule has 3 aromatic rings. The molecule has 4 nitrogen and oxygen atoms in total. The molecule has 0 spiro atoms. The second kappa shape index (κ2) is 6.37. The Balaban J connectivity index is 1.83. The molecule has 0 aliphatic rings. The molecule has 0 saturated carbocycles. The molecule has 0 aliphatic carbocycles. The molecule has 2 aromatic carbocycles. The van der Waals surface area contributed by atoms with Crippen LogP contribution in [0.25, 0.3) is 11.1 Å². The number of benzene rings is 2. The van der Waals surface area contributed by atoms with Crippen molar-refractivity contribution in [3.8, 4) is 11.1 Å². The molecule has 0 unspecified atom stereocenters. The number of hydrogen-bond acceptors (Lipinski definition) is 4. The Kier molecular flexibility index (Phi) is 4.12. The monoisotopic (exact) mass is 290 g/mol. The minimum absolute atomic E-state index is 0.553. The molecule has 22 heavy (non-hydrogen) atoms. The Labute approximate surface area is 130 Å². The lowest BCUT2D eigenvalue weighted by molar-refractivity contribution is 1.04. The number of nitrogens with two attached hydrogens (primary N) is 1. The quantitative estimate of drug-likeness (QED) is 0.800. The first kappa shape index (κ1) is 14.2. The summed E-state index contributed by atoms with van der Waals surface area (Å²) in [4.78, 5) is 10.9. The average molecular weight is 290 g/mol. The van der Waals surface area contributed by atoms with Gasteiger partial charge in [0, 0.05) is 37.2 Å². The van der Waals surface area contributed by atoms with Crippen LogP contribution in [0.3, 0.4) is 0 Å². The third-order valence-electron chi connectivity index (χ3n) is 3.60. The van der Waals surface area contributed by atoms with Gasteiger partial charge < -0.3 is 10.6 Å². The fourth-order valence-corrected chi connectivity index (χ4v) is 2.24. The number of para-hydroxylation sites is 1. The summed E-state index contributed by atoms with van der Waals surface area (Å²) in [7, 11) is 1.96. The van der Waals surface area contributed by atoms with Gasteiger partial charge in [0.1, 0.15) is 0 Å². The molecule has 2 N–H and O–H groups in total. The summed E-state index contributed by atoms with van der Waals surface area (Å²) in [5.74, 6) is 0.675. The second-order valence-corrected chi connectivity index (χ2v) is 5.07. The predicted molar refractivity (Wildman–Crippen MR) is 89.9 cm³/mol. The molecule has 1 heterocycles. The molecule has 0 radical (unpaired) electrons. The topological polar surface area (TPSA) is 55.0 Å². The smallest absolute Gasteiger partial charge is 0.229 e. The van der Waals surface area contributed by atoms with Crippen molar-refractivity contribution in [3.05, 3.63) is 72.6 Å². The van der Waals surface area contributed by atoms with Gasteiger partial charge >= 0.3 is 0 Å². The SMILES string of the molecule is CN(c1ccccc1)c1ncc(-c2ccc(CN)cc2)cn1. The van der Waals surface area contributed by atoms with Crippen molar-refractivity contribution in [1.29, 1.82) is 0 Å². The summed E-state index contributed by atoms with van der Waals surface area (Å²) in [6.07, 6.45) is 3.69. The van der Waals surface area contributed by atoms with Crippen LogP contribution in [-0.2, 0) is 6.54 Å². The summed E-state index contributed by atoms with van der Waals surface area (Å²) in [6.45, 7) is 0.553. The lowest BCUT2D eigenvalue weighted by Gasteiger charge is -2.17. The lowest BCUT2D eigenvalue weighted by atomic mass is 10.1. The Morgan fingerprint density at radius 2 is 1.50 bits per heavy atom. The maximum absolute atomic E-state index is 5.62. The molecule has 0 aliphatic heterocycles. The van der Waals surface area contributed by atoms with Crippen molar-refractivity contribution in [2.24, 2.45) is 5.73 Å². The van der Waals surface area contributed by atoms with Crippen LogP contribution >= 0.6 is 0 Å². The van der Waals surface area contributed by atoms with E-state index < -0.39 is 0 Å². The Morgan fingerprint density at radius 1 is 0.864 bits per heavy atom. The van der Waals surface area contributed by atoms with Crippen molar-refractivity contribution >= 4 is 11.6 Å². The zero-order chi connectivity index (χ0) is 15.4. The van der Waals surface area contributed by atoms with E-state index in [2.05, 4.69) is 9.97 Å². The van der Waals surface area contributed by atoms with Crippen LogP contribution in [0.2, 0.25) is 0 Å². The lowest BCUT2D eigenvalue weighted by Crippen LogP contribution is -2.12. The maximum atomic E-state index is 5.62. The molecule has 110 valence electrons. The molecule has 0 atom stereocenters. The number of nitrogens with zero attached hydrogens (tertiary/aromatic N) is 3. The van der Waals surface area contributed by atoms with E-state index in [-0.39, 0.29) is 0 Å². The number of anilines is 2. The maximum Gasteiger partial charge on any atom is 0.229 e. The average Bonchev–Trinajstić information content (AvgIpc) is 2.62. The number of rotatable bonds is 4. The van der Waals surface area contributed by atoms with Crippen molar-refractivity contribution in [2.45, 2.75) is 6.54 Å². The van der Waals surface area contributed by atoms with E-state index in [4.69, 9.17) is 5.73 Å². The van der Waals surface area contributed by atoms with Crippen molar-refractivity contribution < 1.29 is 0 Å². The fourth-order valence-electron chi connectivity index (χ4n) is 2.24. The molecule has 0 saturated heterocycles. The first-order chi connectivity index (χ1) is 10.8. The number of aromatic nitrogens is 2. The summed E-state index contributed by atoms with van der Waals surface area (Å²) in [6, 6.07) is 18.2. The molecule has 4 heteroatoms. The largest absolute Gasteiger partial charge is 0.326 e. The van der Waals surface area contributed by atoms with Gasteiger partial charge in [-0.15, -0.1) is 0 Å². The van der Waals surface area contributed by atoms with Crippen LogP contribution in [0.1, 0.15) is 5.56 Å². The summed E-state index contributed by atoms with van der Waals surface area (Å²) in [5.41, 5.74) is 9.87. The van der Waals surface area contributed by atoms with Gasteiger partial charge in [0.25, 0.3) is 0 Å². The van der Waals surface area contributed by atoms with Crippen LogP contribution in [0.15, 0.2) is 67.0 Å². The van der Waals surface area contributed by atoms with Crippen LogP contribution in [0.4, 0.5) is 11.6 Å². The first-order valence-electron chi connectivity index (χ1n) is 7.18. The third kappa shape index (κ3) is 2.97. The second-order valence-electron chi connectivity index (χ2n) is 5.07. The Bertz CT molecular complexity index is 721. The minimum Gasteiger partial charge on any atom is -0.326 e. The minimum atomic E-state index is 0.553. The molecule has 0 amide bonds. The highest BCUT2D eigenvalue weighted by atomic mass is 15.2. The van der Waals surface area contributed by atoms with Gasteiger partial charge in [0.2, 0.25) is 5.95 Å². The molecule has 0 bridgehead atoms. The normalized spacial score (nSPS) is 10.5. The highest BCUT2D eigenvalue weighted by Crippen LogP contribution is 2.22. The van der Waals surface area contributed by atoms with Crippen LogP contribution in [-0.4, -0.2) is 17.0 Å². The van der Waals surface area contributed by atoms with Gasteiger partial charge in [-0.2, -0.15) is 0 Å². The van der Waals surface area contributed by atoms with Crippen LogP contribution < -0.4 is 10.6 Å². The van der Waals surface area contributed by atoms with Crippen LogP contribution in [0, 0.1) is 0 Å². The van der Waals surface area contributed by atoms with E-state index >= 15 is 0 Å². The van der Waals surface area contributed by atoms with Gasteiger partial charge in [-0.1, -0.05) is 42.5 Å². The Morgan fingerprint density at radius 3 is 2.09 bits per heavy atom. The molecular formula is C18H18N4. The molecule has 3 rings (SSSR count). The number of hydrogen-bond donors (Lipinski definition) is 1. The Hall–Kier alpha value is -2.72. The summed E-state index contributed by atoms with van der Waals surface area (Å²) >= 11 is 0. The van der Waals surface area contributed by atoms with Gasteiger partial charge in [-0.25, -0.2) is 9.97 Å². The van der Waals surface area contributed by atoms with Crippen molar-refractivity contribution in [2.75, 3.05) is 11.9 Å². The van der Waals surface area contributed by atoms with E-state index in [1.165, 1.54) is 0 Å². The van der Waals surface area contributed by atoms with Crippen LogP contribution in [0.5, 0.6) is 0 Å². The summed E-state index contributed by atoms with van der Waals surface area (Å²) in [5, 5.41) is 0. The molecular weight excluding hydrogens is 272 g/mol. The van der Waals surface area contributed by atoms with Gasteiger partial charge in [-0.05, 0) is 23.3 Å². The van der Waals surface area contributed by atoms with Crippen molar-refractivity contribution in [1.82, 2.24) is 9.97 Å². The third-order valence-corrected chi connectivity index (χ3v) is 3.60. The predicted octanol–water partition coefficient (Wildman–Crippen LogP) is 3.37. The van der Waals surface area contributed by atoms with E-state index in [1.807, 2.05) is 78.9 Å². The fraction of sp³-hybridized carbons (Fsp3) is 0.111. The summed E-state index contributed by atoms with van der Waals surface area (Å²) < 4.78 is 0. The van der Waals surface area contributed by atoms with E-state index in [0.29, 0.717) is 12.5 Å². The highest BCUT2D eigenvalue weighted by molar-refractivity contribution is 5.63. The van der Waals surface area contributed by atoms with Gasteiger partial charge in [0.15, 0.2) is 0 Å². The zero-order valence-corrected chi connectivity index (χ0v) is 12.5. The van der Waals surface area contributed by atoms with Gasteiger partial charge in [-0.3, -0.25) is 0 Å². The van der Waals surface area contributed by atoms with E-state index in [0.717, 1.165) is 22.4 Å². The molecule has 0 fully saturated rings. The highest BCUT2D eigenvalue weighted by Gasteiger charge is 2.07.